The number of hydrogen-bond acceptors (Lipinski definition) is 1. The summed E-state index contributed by atoms with van der Waals surface area (Å²) < 4.78 is 0. The third-order valence-electron chi connectivity index (χ3n) is 4.70. The molecule has 0 aliphatic heterocycles. The minimum Gasteiger partial charge on any atom is -0.392 e. The van der Waals surface area contributed by atoms with Crippen LogP contribution in [0.15, 0.2) is 11.1 Å². The molecule has 1 fully saturated rings. The molecule has 0 radical (unpaired) electrons. The predicted octanol–water partition coefficient (Wildman–Crippen LogP) is 2.61. The molecule has 0 aromatic heterocycles. The lowest BCUT2D eigenvalue weighted by Crippen LogP contribution is -2.53. The van der Waals surface area contributed by atoms with Gasteiger partial charge in [0.05, 0.1) is 6.61 Å². The van der Waals surface area contributed by atoms with E-state index in [1.54, 1.807) is 0 Å². The van der Waals surface area contributed by atoms with Crippen LogP contribution in [-0.2, 0) is 0 Å². The first-order chi connectivity index (χ1) is 6.00. The quantitative estimate of drug-likeness (QED) is 0.615. The molecule has 1 N–H and O–H groups in total. The van der Waals surface area contributed by atoms with E-state index in [9.17, 15) is 5.11 Å². The summed E-state index contributed by atoms with van der Waals surface area (Å²) >= 11 is 0. The van der Waals surface area contributed by atoms with Gasteiger partial charge in [0.2, 0.25) is 0 Å². The highest BCUT2D eigenvalue weighted by Gasteiger charge is 2.54. The highest BCUT2D eigenvalue weighted by atomic mass is 16.3. The van der Waals surface area contributed by atoms with Crippen LogP contribution in [0.3, 0.4) is 0 Å². The minimum atomic E-state index is 0.274. The lowest BCUT2D eigenvalue weighted by Gasteiger charge is -2.60. The Hall–Kier alpha value is -0.300. The fourth-order valence-corrected chi connectivity index (χ4v) is 3.64. The van der Waals surface area contributed by atoms with Gasteiger partial charge in [-0.2, -0.15) is 0 Å². The van der Waals surface area contributed by atoms with Crippen molar-refractivity contribution in [3.05, 3.63) is 11.1 Å². The van der Waals surface area contributed by atoms with Crippen molar-refractivity contribution in [3.63, 3.8) is 0 Å². The Bertz CT molecular complexity index is 262. The van der Waals surface area contributed by atoms with E-state index in [0.29, 0.717) is 11.3 Å². The maximum absolute atomic E-state index is 9.28. The van der Waals surface area contributed by atoms with Crippen molar-refractivity contribution in [2.75, 3.05) is 6.61 Å². The van der Waals surface area contributed by atoms with Crippen molar-refractivity contribution in [1.29, 1.82) is 0 Å². The summed E-state index contributed by atoms with van der Waals surface area (Å²) in [4.78, 5) is 0. The van der Waals surface area contributed by atoms with Crippen LogP contribution in [0.1, 0.15) is 34.1 Å². The highest BCUT2D eigenvalue weighted by Crippen LogP contribution is 2.62. The maximum Gasteiger partial charge on any atom is 0.0647 e. The summed E-state index contributed by atoms with van der Waals surface area (Å²) in [5.41, 5.74) is 3.28. The second-order valence-corrected chi connectivity index (χ2v) is 5.37. The molecule has 0 saturated heterocycles. The summed E-state index contributed by atoms with van der Waals surface area (Å²) in [5, 5.41) is 9.28. The van der Waals surface area contributed by atoms with Gasteiger partial charge < -0.3 is 5.11 Å². The Morgan fingerprint density at radius 2 is 2.08 bits per heavy atom. The molecule has 74 valence electrons. The molecule has 0 spiro atoms. The van der Waals surface area contributed by atoms with Gasteiger partial charge in [-0.3, -0.25) is 0 Å². The van der Waals surface area contributed by atoms with E-state index in [4.69, 9.17) is 0 Å². The van der Waals surface area contributed by atoms with Crippen molar-refractivity contribution >= 4 is 0 Å². The molecule has 13 heavy (non-hydrogen) atoms. The van der Waals surface area contributed by atoms with E-state index in [1.807, 2.05) is 0 Å². The average molecular weight is 180 g/mol. The zero-order valence-electron chi connectivity index (χ0n) is 9.09. The van der Waals surface area contributed by atoms with Crippen molar-refractivity contribution in [2.45, 2.75) is 34.1 Å². The molecule has 1 nitrogen and oxygen atoms in total. The molecular formula is C12H20O. The molecule has 1 heteroatoms. The molecule has 3 aliphatic carbocycles. The van der Waals surface area contributed by atoms with Gasteiger partial charge in [0, 0.05) is 0 Å². The van der Waals surface area contributed by atoms with Gasteiger partial charge in [0.15, 0.2) is 0 Å². The van der Waals surface area contributed by atoms with Crippen LogP contribution in [0, 0.1) is 23.2 Å². The second kappa shape index (κ2) is 2.60. The van der Waals surface area contributed by atoms with E-state index in [-0.39, 0.29) is 6.61 Å². The fourth-order valence-electron chi connectivity index (χ4n) is 3.64. The van der Waals surface area contributed by atoms with Gasteiger partial charge in [0.25, 0.3) is 0 Å². The highest BCUT2D eigenvalue weighted by molar-refractivity contribution is 5.31. The Labute approximate surface area is 80.8 Å². The Balaban J connectivity index is 2.39. The summed E-state index contributed by atoms with van der Waals surface area (Å²) in [6.07, 6.45) is 1.35. The smallest absolute Gasteiger partial charge is 0.0647 e. The van der Waals surface area contributed by atoms with Gasteiger partial charge in [-0.25, -0.2) is 0 Å². The molecule has 0 aromatic rings. The van der Waals surface area contributed by atoms with Crippen molar-refractivity contribution in [3.8, 4) is 0 Å². The van der Waals surface area contributed by atoms with Gasteiger partial charge in [-0.1, -0.05) is 26.3 Å². The summed E-state index contributed by atoms with van der Waals surface area (Å²) in [6, 6.07) is 0. The first-order valence-electron chi connectivity index (χ1n) is 5.30. The lowest BCUT2D eigenvalue weighted by molar-refractivity contribution is -0.0433. The number of hydrogen-bond donors (Lipinski definition) is 1. The Morgan fingerprint density at radius 1 is 1.46 bits per heavy atom. The molecule has 0 aromatic carbocycles. The first-order valence-corrected chi connectivity index (χ1v) is 5.30. The molecule has 0 heterocycles. The van der Waals surface area contributed by atoms with Crippen LogP contribution in [0.25, 0.3) is 0 Å². The molecule has 3 atom stereocenters. The maximum atomic E-state index is 9.28. The molecule has 3 rings (SSSR count). The van der Waals surface area contributed by atoms with Crippen molar-refractivity contribution in [1.82, 2.24) is 0 Å². The average Bonchev–Trinajstić information content (AvgIpc) is 2.02. The number of rotatable bonds is 1. The zero-order chi connectivity index (χ0) is 9.80. The SMILES string of the molecule is CC1=C(CO)C(C)C2CC1C2(C)C. The van der Waals surface area contributed by atoms with Crippen LogP contribution in [0.5, 0.6) is 0 Å². The molecule has 3 aliphatic rings. The topological polar surface area (TPSA) is 20.2 Å². The number of allylic oxidation sites excluding steroid dienone is 1. The molecular weight excluding hydrogens is 160 g/mol. The summed E-state index contributed by atoms with van der Waals surface area (Å²) in [6.45, 7) is 9.51. The standard InChI is InChI=1S/C12H20O/c1-7-9(6-13)8(2)11-5-10(7)12(11,3)4/h7,10-11,13H,5-6H2,1-4H3. The fraction of sp³-hybridized carbons (Fsp3) is 0.833. The summed E-state index contributed by atoms with van der Waals surface area (Å²) in [7, 11) is 0. The van der Waals surface area contributed by atoms with E-state index in [1.165, 1.54) is 17.6 Å². The third-order valence-corrected chi connectivity index (χ3v) is 4.70. The van der Waals surface area contributed by atoms with Crippen LogP contribution in [0.4, 0.5) is 0 Å². The van der Waals surface area contributed by atoms with Crippen LogP contribution < -0.4 is 0 Å². The van der Waals surface area contributed by atoms with Gasteiger partial charge >= 0.3 is 0 Å². The summed E-state index contributed by atoms with van der Waals surface area (Å²) in [5.74, 6) is 2.16. The molecule has 1 saturated carbocycles. The normalized spacial score (nSPS) is 41.8. The lowest BCUT2D eigenvalue weighted by atomic mass is 9.45. The monoisotopic (exact) mass is 180 g/mol. The largest absolute Gasteiger partial charge is 0.392 e. The Morgan fingerprint density at radius 3 is 2.46 bits per heavy atom. The number of fused-ring (bicyclic) bond motifs is 1. The Kier molecular flexibility index (Phi) is 1.85. The van der Waals surface area contributed by atoms with Crippen LogP contribution in [-0.4, -0.2) is 11.7 Å². The molecule has 3 unspecified atom stereocenters. The van der Waals surface area contributed by atoms with Gasteiger partial charge in [-0.15, -0.1) is 0 Å². The third kappa shape index (κ3) is 0.969. The van der Waals surface area contributed by atoms with E-state index < -0.39 is 0 Å². The van der Waals surface area contributed by atoms with Crippen LogP contribution >= 0.6 is 0 Å². The number of aliphatic hydroxyl groups excluding tert-OH is 1. The van der Waals surface area contributed by atoms with E-state index >= 15 is 0 Å². The van der Waals surface area contributed by atoms with Crippen molar-refractivity contribution in [2.24, 2.45) is 23.2 Å². The zero-order valence-corrected chi connectivity index (χ0v) is 9.09. The van der Waals surface area contributed by atoms with Gasteiger partial charge in [0.1, 0.15) is 0 Å². The predicted molar refractivity (Wildman–Crippen MR) is 54.3 cm³/mol. The van der Waals surface area contributed by atoms with Crippen molar-refractivity contribution < 1.29 is 5.11 Å². The van der Waals surface area contributed by atoms with E-state index in [0.717, 1.165) is 11.8 Å². The van der Waals surface area contributed by atoms with Gasteiger partial charge in [-0.05, 0) is 42.1 Å². The minimum absolute atomic E-state index is 0.274. The number of aliphatic hydroxyl groups is 1. The first kappa shape index (κ1) is 9.26. The van der Waals surface area contributed by atoms with E-state index in [2.05, 4.69) is 27.7 Å². The molecule has 0 amide bonds. The molecule has 2 bridgehead atoms. The second-order valence-electron chi connectivity index (χ2n) is 5.37. The van der Waals surface area contributed by atoms with Crippen LogP contribution in [0.2, 0.25) is 0 Å².